The average molecular weight is 420 g/mol. The molecule has 1 aromatic carbocycles. The van der Waals surface area contributed by atoms with Crippen molar-refractivity contribution in [1.29, 1.82) is 0 Å². The predicted octanol–water partition coefficient (Wildman–Crippen LogP) is 2.56. The van der Waals surface area contributed by atoms with E-state index in [0.717, 1.165) is 20.5 Å². The first-order valence-corrected chi connectivity index (χ1v) is 9.35. The maximum absolute atomic E-state index is 13.9. The molecule has 0 fully saturated rings. The number of benzene rings is 1. The van der Waals surface area contributed by atoms with Gasteiger partial charge in [-0.15, -0.1) is 11.3 Å². The zero-order valence-corrected chi connectivity index (χ0v) is 16.3. The van der Waals surface area contributed by atoms with E-state index in [1.165, 1.54) is 35.4 Å². The molecule has 7 nitrogen and oxygen atoms in total. The molecule has 152 valence electrons. The van der Waals surface area contributed by atoms with Gasteiger partial charge in [-0.25, -0.2) is 23.1 Å². The van der Waals surface area contributed by atoms with E-state index in [-0.39, 0.29) is 30.8 Å². The fourth-order valence-corrected chi connectivity index (χ4v) is 3.67. The van der Waals surface area contributed by atoms with Gasteiger partial charge in [-0.05, 0) is 41.5 Å². The molecule has 0 aliphatic heterocycles. The lowest BCUT2D eigenvalue weighted by molar-refractivity contribution is 0.0600. The number of aromatic nitrogens is 3. The summed E-state index contributed by atoms with van der Waals surface area (Å²) in [5.74, 6) is -1.17. The van der Waals surface area contributed by atoms with Crippen LogP contribution in [-0.4, -0.2) is 34.0 Å². The zero-order valence-electron chi connectivity index (χ0n) is 15.5. The van der Waals surface area contributed by atoms with Crippen LogP contribution in [0, 0.1) is 5.82 Å². The van der Waals surface area contributed by atoms with Gasteiger partial charge in [-0.3, -0.25) is 4.57 Å². The fourth-order valence-electron chi connectivity index (χ4n) is 2.68. The fraction of sp³-hybridized carbons (Fsp3) is 0.211. The molecule has 2 heterocycles. The summed E-state index contributed by atoms with van der Waals surface area (Å²) >= 11 is 1.35. The number of esters is 1. The number of nitrogens with two attached hydrogens (primary N) is 1. The number of hydrogen-bond donors (Lipinski definition) is 1. The summed E-state index contributed by atoms with van der Waals surface area (Å²) in [4.78, 5) is 25.6. The van der Waals surface area contributed by atoms with Crippen LogP contribution in [0.3, 0.4) is 0 Å². The number of halogens is 2. The summed E-state index contributed by atoms with van der Waals surface area (Å²) in [5.41, 5.74) is 5.91. The standard InChI is InChI=1S/C19H18F2N4O3S/c1-28-18(26)14-4-13(5-15(21)6-14)17-3-2-16(29-17)10-24-11-23-25(19(24)27)9-12(7-20)8-22/h2-7,11H,8-10,22H2,1H3/b12-7+. The maximum Gasteiger partial charge on any atom is 0.346 e. The average Bonchev–Trinajstić information content (AvgIpc) is 3.33. The minimum atomic E-state index is -0.624. The highest BCUT2D eigenvalue weighted by molar-refractivity contribution is 7.15. The molecule has 2 N–H and O–H groups in total. The summed E-state index contributed by atoms with van der Waals surface area (Å²) in [6.07, 6.45) is 1.74. The zero-order chi connectivity index (χ0) is 21.0. The van der Waals surface area contributed by atoms with Crippen LogP contribution in [0.1, 0.15) is 15.2 Å². The van der Waals surface area contributed by atoms with Gasteiger partial charge >= 0.3 is 11.7 Å². The lowest BCUT2D eigenvalue weighted by Gasteiger charge is -2.03. The molecule has 0 radical (unpaired) electrons. The van der Waals surface area contributed by atoms with Crippen molar-refractivity contribution < 1.29 is 18.3 Å². The van der Waals surface area contributed by atoms with Crippen molar-refractivity contribution in [3.8, 4) is 10.4 Å². The third kappa shape index (κ3) is 4.66. The summed E-state index contributed by atoms with van der Waals surface area (Å²) in [5, 5.41) is 3.97. The van der Waals surface area contributed by atoms with Crippen molar-refractivity contribution in [2.45, 2.75) is 13.1 Å². The largest absolute Gasteiger partial charge is 0.465 e. The molecular formula is C19H18F2N4O3S. The molecule has 0 atom stereocenters. The minimum Gasteiger partial charge on any atom is -0.465 e. The minimum absolute atomic E-state index is 0.00865. The molecule has 10 heteroatoms. The highest BCUT2D eigenvalue weighted by Crippen LogP contribution is 2.30. The van der Waals surface area contributed by atoms with E-state index in [1.807, 2.05) is 0 Å². The molecule has 0 saturated carbocycles. The van der Waals surface area contributed by atoms with Crippen molar-refractivity contribution in [2.24, 2.45) is 5.73 Å². The number of ether oxygens (including phenoxy) is 1. The van der Waals surface area contributed by atoms with Crippen LogP contribution in [0.2, 0.25) is 0 Å². The van der Waals surface area contributed by atoms with E-state index in [9.17, 15) is 18.4 Å². The van der Waals surface area contributed by atoms with Gasteiger partial charge in [0.2, 0.25) is 0 Å². The predicted molar refractivity (Wildman–Crippen MR) is 105 cm³/mol. The summed E-state index contributed by atoms with van der Waals surface area (Å²) in [6, 6.07) is 7.57. The molecule has 3 aromatic rings. The van der Waals surface area contributed by atoms with Crippen molar-refractivity contribution in [3.63, 3.8) is 0 Å². The molecule has 0 saturated heterocycles. The first kappa shape index (κ1) is 20.6. The smallest absolute Gasteiger partial charge is 0.346 e. The van der Waals surface area contributed by atoms with Gasteiger partial charge in [0.25, 0.3) is 0 Å². The van der Waals surface area contributed by atoms with Crippen molar-refractivity contribution in [2.75, 3.05) is 13.7 Å². The quantitative estimate of drug-likeness (QED) is 0.593. The van der Waals surface area contributed by atoms with Crippen molar-refractivity contribution in [3.05, 3.63) is 75.3 Å². The molecule has 0 unspecified atom stereocenters. The first-order chi connectivity index (χ1) is 13.9. The Morgan fingerprint density at radius 1 is 1.34 bits per heavy atom. The van der Waals surface area contributed by atoms with E-state index in [1.54, 1.807) is 18.2 Å². The van der Waals surface area contributed by atoms with Gasteiger partial charge in [-0.1, -0.05) is 0 Å². The number of nitrogens with zero attached hydrogens (tertiary/aromatic N) is 3. The molecule has 2 aromatic heterocycles. The highest BCUT2D eigenvalue weighted by Gasteiger charge is 2.13. The Hall–Kier alpha value is -3.11. The first-order valence-electron chi connectivity index (χ1n) is 8.53. The summed E-state index contributed by atoms with van der Waals surface area (Å²) < 4.78 is 33.7. The van der Waals surface area contributed by atoms with Crippen LogP contribution >= 0.6 is 11.3 Å². The Bertz CT molecular complexity index is 1120. The van der Waals surface area contributed by atoms with E-state index in [4.69, 9.17) is 5.73 Å². The SMILES string of the molecule is COC(=O)c1cc(F)cc(-c2ccc(Cn3cnn(C/C(=C/F)CN)c3=O)s2)c1. The molecule has 0 spiro atoms. The molecule has 3 rings (SSSR count). The van der Waals surface area contributed by atoms with Crippen LogP contribution < -0.4 is 11.4 Å². The Balaban J connectivity index is 1.82. The van der Waals surface area contributed by atoms with E-state index >= 15 is 0 Å². The molecule has 0 aliphatic rings. The highest BCUT2D eigenvalue weighted by atomic mass is 32.1. The molecular weight excluding hydrogens is 402 g/mol. The van der Waals surface area contributed by atoms with Crippen LogP contribution in [0.25, 0.3) is 10.4 Å². The number of rotatable bonds is 7. The topological polar surface area (TPSA) is 92.1 Å². The number of carbonyl (C=O) groups excluding carboxylic acids is 1. The van der Waals surface area contributed by atoms with Gasteiger partial charge in [0.1, 0.15) is 12.1 Å². The lowest BCUT2D eigenvalue weighted by Crippen LogP contribution is -2.26. The molecule has 0 aliphatic carbocycles. The third-order valence-corrected chi connectivity index (χ3v) is 5.28. The van der Waals surface area contributed by atoms with Crippen LogP contribution in [0.4, 0.5) is 8.78 Å². The van der Waals surface area contributed by atoms with Gasteiger partial charge < -0.3 is 10.5 Å². The van der Waals surface area contributed by atoms with E-state index in [0.29, 0.717) is 11.9 Å². The number of carbonyl (C=O) groups is 1. The molecule has 0 amide bonds. The third-order valence-electron chi connectivity index (χ3n) is 4.16. The molecule has 0 bridgehead atoms. The van der Waals surface area contributed by atoms with Crippen LogP contribution in [0.5, 0.6) is 0 Å². The molecule has 29 heavy (non-hydrogen) atoms. The maximum atomic E-state index is 13.9. The summed E-state index contributed by atoms with van der Waals surface area (Å²) in [6.45, 7) is 0.222. The normalized spacial score (nSPS) is 11.7. The number of methoxy groups -OCH3 is 1. The van der Waals surface area contributed by atoms with Crippen LogP contribution in [-0.2, 0) is 17.8 Å². The Morgan fingerprint density at radius 2 is 2.14 bits per heavy atom. The summed E-state index contributed by atoms with van der Waals surface area (Å²) in [7, 11) is 1.23. The Labute approximate surface area is 168 Å². The second-order valence-electron chi connectivity index (χ2n) is 6.16. The van der Waals surface area contributed by atoms with Crippen molar-refractivity contribution >= 4 is 17.3 Å². The van der Waals surface area contributed by atoms with Gasteiger partial charge in [0, 0.05) is 16.3 Å². The van der Waals surface area contributed by atoms with Crippen molar-refractivity contribution in [1.82, 2.24) is 14.3 Å². The van der Waals surface area contributed by atoms with Gasteiger partial charge in [0.15, 0.2) is 0 Å². The van der Waals surface area contributed by atoms with Gasteiger partial charge in [0.05, 0.1) is 32.1 Å². The number of thiophene rings is 1. The van der Waals surface area contributed by atoms with Gasteiger partial charge in [-0.2, -0.15) is 5.10 Å². The van der Waals surface area contributed by atoms with E-state index < -0.39 is 17.5 Å². The lowest BCUT2D eigenvalue weighted by atomic mass is 10.1. The monoisotopic (exact) mass is 420 g/mol. The Morgan fingerprint density at radius 3 is 2.83 bits per heavy atom. The van der Waals surface area contributed by atoms with E-state index in [2.05, 4.69) is 9.84 Å². The van der Waals surface area contributed by atoms with Crippen LogP contribution in [0.15, 0.2) is 53.4 Å². The second kappa shape index (κ2) is 8.93. The second-order valence-corrected chi connectivity index (χ2v) is 7.32. The Kier molecular flexibility index (Phi) is 6.35. The number of hydrogen-bond acceptors (Lipinski definition) is 6.